The van der Waals surface area contributed by atoms with E-state index in [-0.39, 0.29) is 30.4 Å². The molecule has 0 aliphatic heterocycles. The quantitative estimate of drug-likeness (QED) is 0.582. The van der Waals surface area contributed by atoms with Crippen molar-refractivity contribution in [3.05, 3.63) is 58.4 Å². The second-order valence-electron chi connectivity index (χ2n) is 6.50. The zero-order chi connectivity index (χ0) is 21.9. The lowest BCUT2D eigenvalue weighted by molar-refractivity contribution is -0.143. The molecule has 0 atom stereocenters. The number of rotatable bonds is 6. The number of hydrogen-bond acceptors (Lipinski definition) is 6. The van der Waals surface area contributed by atoms with Crippen LogP contribution in [0.2, 0.25) is 0 Å². The first-order valence-electron chi connectivity index (χ1n) is 9.17. The van der Waals surface area contributed by atoms with Crippen LogP contribution in [0.4, 0.5) is 0 Å². The van der Waals surface area contributed by atoms with Crippen molar-refractivity contribution < 1.29 is 22.7 Å². The summed E-state index contributed by atoms with van der Waals surface area (Å²) in [5, 5.41) is 5.23. The first-order valence-corrected chi connectivity index (χ1v) is 11.5. The van der Waals surface area contributed by atoms with Gasteiger partial charge in [0.2, 0.25) is 10.0 Å². The predicted octanol–water partition coefficient (Wildman–Crippen LogP) is 2.35. The molecule has 0 bridgehead atoms. The summed E-state index contributed by atoms with van der Waals surface area (Å²) < 4.78 is 30.7. The smallest absolute Gasteiger partial charge is 0.307 e. The Bertz CT molecular complexity index is 1290. The molecule has 0 aliphatic carbocycles. The van der Waals surface area contributed by atoms with Gasteiger partial charge in [0.25, 0.3) is 5.91 Å². The molecular formula is C20H21N3O5S2. The highest BCUT2D eigenvalue weighted by molar-refractivity contribution is 7.89. The van der Waals surface area contributed by atoms with Crippen LogP contribution in [0, 0.1) is 6.92 Å². The average molecular weight is 448 g/mol. The molecule has 0 spiro atoms. The average Bonchev–Trinajstić information content (AvgIpc) is 3.02. The number of aromatic nitrogens is 1. The summed E-state index contributed by atoms with van der Waals surface area (Å²) in [6.45, 7) is 4.05. The molecule has 0 saturated heterocycles. The number of amides is 1. The predicted molar refractivity (Wildman–Crippen MR) is 114 cm³/mol. The first kappa shape index (κ1) is 21.9. The molecular weight excluding hydrogens is 426 g/mol. The SMILES string of the molecule is CCOC(=O)CCn1c(=NC(=O)c2ccccc2C)sc2cc(S(N)(=O)=O)ccc21. The summed E-state index contributed by atoms with van der Waals surface area (Å²) in [5.74, 6) is -0.794. The molecule has 30 heavy (non-hydrogen) atoms. The summed E-state index contributed by atoms with van der Waals surface area (Å²) in [6.07, 6.45) is 0.0857. The number of benzene rings is 2. The van der Waals surface area contributed by atoms with E-state index in [0.717, 1.165) is 16.9 Å². The van der Waals surface area contributed by atoms with Gasteiger partial charge in [-0.3, -0.25) is 9.59 Å². The zero-order valence-corrected chi connectivity index (χ0v) is 18.1. The first-order chi connectivity index (χ1) is 14.2. The maximum atomic E-state index is 12.7. The molecule has 0 saturated carbocycles. The van der Waals surface area contributed by atoms with Crippen LogP contribution in [-0.2, 0) is 26.1 Å². The van der Waals surface area contributed by atoms with Crippen molar-refractivity contribution in [2.45, 2.75) is 31.7 Å². The summed E-state index contributed by atoms with van der Waals surface area (Å²) in [5.41, 5.74) is 1.91. The van der Waals surface area contributed by atoms with Gasteiger partial charge in [0.15, 0.2) is 4.80 Å². The number of nitrogens with two attached hydrogens (primary N) is 1. The zero-order valence-electron chi connectivity index (χ0n) is 16.5. The van der Waals surface area contributed by atoms with Crippen molar-refractivity contribution in [2.75, 3.05) is 6.61 Å². The van der Waals surface area contributed by atoms with Crippen molar-refractivity contribution in [3.8, 4) is 0 Å². The molecule has 3 rings (SSSR count). The lowest BCUT2D eigenvalue weighted by Gasteiger charge is -2.06. The Labute approximate surface area is 177 Å². The van der Waals surface area contributed by atoms with E-state index in [2.05, 4.69) is 4.99 Å². The van der Waals surface area contributed by atoms with E-state index in [9.17, 15) is 18.0 Å². The molecule has 2 aromatic carbocycles. The Kier molecular flexibility index (Phi) is 6.49. The third-order valence-corrected chi connectivity index (χ3v) is 6.35. The Morgan fingerprint density at radius 1 is 1.20 bits per heavy atom. The summed E-state index contributed by atoms with van der Waals surface area (Å²) >= 11 is 1.15. The third kappa shape index (κ3) is 4.84. The number of carbonyl (C=O) groups excluding carboxylic acids is 2. The highest BCUT2D eigenvalue weighted by Crippen LogP contribution is 2.22. The van der Waals surface area contributed by atoms with E-state index >= 15 is 0 Å². The maximum Gasteiger partial charge on any atom is 0.307 e. The molecule has 1 amide bonds. The van der Waals surface area contributed by atoms with Crippen LogP contribution in [0.5, 0.6) is 0 Å². The number of nitrogens with zero attached hydrogens (tertiary/aromatic N) is 2. The fourth-order valence-electron chi connectivity index (χ4n) is 2.93. The van der Waals surface area contributed by atoms with Crippen molar-refractivity contribution in [2.24, 2.45) is 10.1 Å². The third-order valence-electron chi connectivity index (χ3n) is 4.40. The monoisotopic (exact) mass is 447 g/mol. The standard InChI is InChI=1S/C20H21N3O5S2/c1-3-28-18(24)10-11-23-16-9-8-14(30(21,26)27)12-17(16)29-20(23)22-19(25)15-7-5-4-6-13(15)2/h4-9,12H,3,10-11H2,1-2H3,(H2,21,26,27). The van der Waals surface area contributed by atoms with E-state index in [4.69, 9.17) is 9.88 Å². The van der Waals surface area contributed by atoms with Gasteiger partial charge in [-0.1, -0.05) is 29.5 Å². The van der Waals surface area contributed by atoms with Gasteiger partial charge in [0.1, 0.15) is 0 Å². The summed E-state index contributed by atoms with van der Waals surface area (Å²) in [6, 6.07) is 11.5. The number of esters is 1. The van der Waals surface area contributed by atoms with Crippen molar-refractivity contribution in [1.82, 2.24) is 4.57 Å². The van der Waals surface area contributed by atoms with Gasteiger partial charge in [-0.05, 0) is 43.7 Å². The van der Waals surface area contributed by atoms with Crippen LogP contribution in [-0.4, -0.2) is 31.5 Å². The van der Waals surface area contributed by atoms with Crippen LogP contribution in [0.15, 0.2) is 52.4 Å². The summed E-state index contributed by atoms with van der Waals surface area (Å²) in [4.78, 5) is 29.2. The van der Waals surface area contributed by atoms with E-state index in [1.54, 1.807) is 29.7 Å². The number of fused-ring (bicyclic) bond motifs is 1. The van der Waals surface area contributed by atoms with Crippen molar-refractivity contribution in [3.63, 3.8) is 0 Å². The fraction of sp³-hybridized carbons (Fsp3) is 0.250. The lowest BCUT2D eigenvalue weighted by Crippen LogP contribution is -2.19. The molecule has 8 nitrogen and oxygen atoms in total. The van der Waals surface area contributed by atoms with Gasteiger partial charge in [0.05, 0.1) is 28.1 Å². The minimum absolute atomic E-state index is 0.0365. The highest BCUT2D eigenvalue weighted by atomic mass is 32.2. The Morgan fingerprint density at radius 3 is 2.60 bits per heavy atom. The van der Waals surface area contributed by atoms with Crippen molar-refractivity contribution >= 4 is 43.5 Å². The molecule has 10 heteroatoms. The van der Waals surface area contributed by atoms with Crippen LogP contribution in [0.3, 0.4) is 0 Å². The Balaban J connectivity index is 2.12. The molecule has 0 aliphatic rings. The minimum atomic E-state index is -3.88. The molecule has 0 radical (unpaired) electrons. The number of primary sulfonamides is 1. The number of hydrogen-bond donors (Lipinski definition) is 1. The number of sulfonamides is 1. The molecule has 1 heterocycles. The molecule has 3 aromatic rings. The molecule has 0 fully saturated rings. The molecule has 158 valence electrons. The Morgan fingerprint density at radius 2 is 1.93 bits per heavy atom. The number of carbonyl (C=O) groups is 2. The summed E-state index contributed by atoms with van der Waals surface area (Å²) in [7, 11) is -3.88. The van der Waals surface area contributed by atoms with Gasteiger partial charge >= 0.3 is 5.97 Å². The van der Waals surface area contributed by atoms with Crippen LogP contribution in [0.25, 0.3) is 10.2 Å². The normalized spacial score (nSPS) is 12.3. The highest BCUT2D eigenvalue weighted by Gasteiger charge is 2.15. The molecule has 2 N–H and O–H groups in total. The second-order valence-corrected chi connectivity index (χ2v) is 9.07. The molecule has 1 aromatic heterocycles. The number of aryl methyl sites for hydroxylation is 2. The Hall–Kier alpha value is -2.82. The van der Waals surface area contributed by atoms with Gasteiger partial charge in [-0.25, -0.2) is 13.6 Å². The molecule has 0 unspecified atom stereocenters. The fourth-order valence-corrected chi connectivity index (χ4v) is 4.64. The topological polar surface area (TPSA) is 121 Å². The van der Waals surface area contributed by atoms with E-state index < -0.39 is 15.9 Å². The largest absolute Gasteiger partial charge is 0.466 e. The van der Waals surface area contributed by atoms with Crippen LogP contribution >= 0.6 is 11.3 Å². The van der Waals surface area contributed by atoms with Gasteiger partial charge < -0.3 is 9.30 Å². The van der Waals surface area contributed by atoms with E-state index in [0.29, 0.717) is 20.6 Å². The van der Waals surface area contributed by atoms with Crippen LogP contribution < -0.4 is 9.94 Å². The van der Waals surface area contributed by atoms with E-state index in [1.807, 2.05) is 19.1 Å². The van der Waals surface area contributed by atoms with Gasteiger partial charge in [-0.2, -0.15) is 4.99 Å². The lowest BCUT2D eigenvalue weighted by atomic mass is 10.1. The number of ether oxygens (including phenoxy) is 1. The van der Waals surface area contributed by atoms with Gasteiger partial charge in [-0.15, -0.1) is 0 Å². The van der Waals surface area contributed by atoms with Crippen LogP contribution in [0.1, 0.15) is 29.3 Å². The van der Waals surface area contributed by atoms with Gasteiger partial charge in [0, 0.05) is 12.1 Å². The second kappa shape index (κ2) is 8.90. The number of thiazole rings is 1. The maximum absolute atomic E-state index is 12.7. The minimum Gasteiger partial charge on any atom is -0.466 e. The van der Waals surface area contributed by atoms with E-state index in [1.165, 1.54) is 12.1 Å². The van der Waals surface area contributed by atoms with Crippen molar-refractivity contribution in [1.29, 1.82) is 0 Å².